The van der Waals surface area contributed by atoms with E-state index in [1.54, 1.807) is 0 Å². The molecule has 2 saturated carbocycles. The predicted molar refractivity (Wildman–Crippen MR) is 129 cm³/mol. The zero-order valence-electron chi connectivity index (χ0n) is 18.6. The first-order valence-corrected chi connectivity index (χ1v) is 14.9. The molecule has 2 aromatic rings. The number of fused-ring (bicyclic) bond motifs is 1. The Morgan fingerprint density at radius 2 is 1.72 bits per heavy atom. The Balaban J connectivity index is 1.37. The zero-order valence-corrected chi connectivity index (χ0v) is 20.2. The Morgan fingerprint density at radius 3 is 2.44 bits per heavy atom. The van der Waals surface area contributed by atoms with E-state index in [4.69, 9.17) is 4.98 Å². The molecule has 0 spiro atoms. The van der Waals surface area contributed by atoms with Crippen LogP contribution in [0.3, 0.4) is 0 Å². The molecule has 2 aliphatic carbocycles. The van der Waals surface area contributed by atoms with Crippen molar-refractivity contribution in [2.45, 2.75) is 87.5 Å². The van der Waals surface area contributed by atoms with Gasteiger partial charge in [0.15, 0.2) is 15.0 Å². The van der Waals surface area contributed by atoms with Crippen LogP contribution in [0.25, 0.3) is 11.0 Å². The molecule has 6 nitrogen and oxygen atoms in total. The Bertz CT molecular complexity index is 1070. The lowest BCUT2D eigenvalue weighted by atomic mass is 9.95. The Hall–Kier alpha value is -1.54. The van der Waals surface area contributed by atoms with Crippen LogP contribution in [-0.2, 0) is 14.6 Å². The SMILES string of the molecule is O=C(CSc1nc2ccccc2n1C1CCCCC1)N(C1CCCC1)[C@@H]1CCS(=O)(=O)C1. The van der Waals surface area contributed by atoms with Crippen LogP contribution in [0.1, 0.15) is 70.3 Å². The number of benzene rings is 1. The number of carbonyl (C=O) groups excluding carboxylic acids is 1. The monoisotopic (exact) mass is 475 g/mol. The Labute approximate surface area is 195 Å². The van der Waals surface area contributed by atoms with E-state index in [1.807, 2.05) is 11.0 Å². The van der Waals surface area contributed by atoms with Crippen LogP contribution in [-0.4, -0.2) is 58.1 Å². The number of nitrogens with zero attached hydrogens (tertiary/aromatic N) is 3. The molecule has 8 heteroatoms. The van der Waals surface area contributed by atoms with Gasteiger partial charge in [0.05, 0.1) is 28.3 Å². The summed E-state index contributed by atoms with van der Waals surface area (Å²) in [5.74, 6) is 0.730. The molecule has 0 radical (unpaired) electrons. The third kappa shape index (κ3) is 4.58. The van der Waals surface area contributed by atoms with Gasteiger partial charge >= 0.3 is 0 Å². The molecule has 5 rings (SSSR count). The molecule has 3 aliphatic rings. The number of para-hydroxylation sites is 2. The first-order valence-electron chi connectivity index (χ1n) is 12.1. The second kappa shape index (κ2) is 9.37. The van der Waals surface area contributed by atoms with Crippen molar-refractivity contribution in [2.75, 3.05) is 17.3 Å². The number of amides is 1. The second-order valence-electron chi connectivity index (χ2n) is 9.63. The minimum absolute atomic E-state index is 0.0752. The fourth-order valence-corrected chi connectivity index (χ4v) is 8.56. The quantitative estimate of drug-likeness (QED) is 0.571. The standard InChI is InChI=1S/C24H33N3O3S2/c28-23(26(18-10-4-5-11-18)20-14-15-32(29,30)17-20)16-31-24-25-21-12-6-7-13-22(21)27(24)19-8-2-1-3-9-19/h6-7,12-13,18-20H,1-5,8-11,14-17H2/t20-/m1/s1. The van der Waals surface area contributed by atoms with Gasteiger partial charge in [0.25, 0.3) is 0 Å². The van der Waals surface area contributed by atoms with Crippen molar-refractivity contribution in [3.05, 3.63) is 24.3 Å². The van der Waals surface area contributed by atoms with Crippen LogP contribution in [0.15, 0.2) is 29.4 Å². The highest BCUT2D eigenvalue weighted by atomic mass is 32.2. The van der Waals surface area contributed by atoms with Gasteiger partial charge in [-0.05, 0) is 44.2 Å². The molecular weight excluding hydrogens is 442 g/mol. The number of aromatic nitrogens is 2. The van der Waals surface area contributed by atoms with Crippen molar-refractivity contribution >= 4 is 38.5 Å². The van der Waals surface area contributed by atoms with Gasteiger partial charge in [-0.15, -0.1) is 0 Å². The first kappa shape index (κ1) is 22.3. The lowest BCUT2D eigenvalue weighted by Crippen LogP contribution is -2.47. The van der Waals surface area contributed by atoms with Crippen LogP contribution in [0.5, 0.6) is 0 Å². The molecule has 0 bridgehead atoms. The molecule has 2 heterocycles. The third-order valence-corrected chi connectivity index (χ3v) is 10.1. The normalized spacial score (nSPS) is 24.3. The van der Waals surface area contributed by atoms with Gasteiger partial charge in [0.1, 0.15) is 0 Å². The average molecular weight is 476 g/mol. The maximum atomic E-state index is 13.5. The van der Waals surface area contributed by atoms with Crippen LogP contribution >= 0.6 is 11.8 Å². The van der Waals surface area contributed by atoms with Gasteiger partial charge in [0, 0.05) is 18.1 Å². The number of carbonyl (C=O) groups is 1. The molecular formula is C24H33N3O3S2. The molecule has 1 aromatic carbocycles. The van der Waals surface area contributed by atoms with Gasteiger partial charge in [-0.1, -0.05) is 56.0 Å². The molecule has 1 saturated heterocycles. The molecule has 0 unspecified atom stereocenters. The van der Waals surface area contributed by atoms with E-state index in [1.165, 1.54) is 31.0 Å². The molecule has 1 amide bonds. The predicted octanol–water partition coefficient (Wildman–Crippen LogP) is 4.59. The number of sulfone groups is 1. The lowest BCUT2D eigenvalue weighted by Gasteiger charge is -2.34. The highest BCUT2D eigenvalue weighted by Crippen LogP contribution is 2.36. The molecule has 1 aromatic heterocycles. The summed E-state index contributed by atoms with van der Waals surface area (Å²) >= 11 is 1.53. The molecule has 1 atom stereocenters. The number of hydrogen-bond donors (Lipinski definition) is 0. The molecule has 174 valence electrons. The lowest BCUT2D eigenvalue weighted by molar-refractivity contribution is -0.132. The zero-order chi connectivity index (χ0) is 22.1. The van der Waals surface area contributed by atoms with Gasteiger partial charge in [-0.2, -0.15) is 0 Å². The Morgan fingerprint density at radius 1 is 1.00 bits per heavy atom. The van der Waals surface area contributed by atoms with Gasteiger partial charge < -0.3 is 9.47 Å². The fourth-order valence-electron chi connectivity index (χ4n) is 5.90. The average Bonchev–Trinajstić information content (AvgIpc) is 3.52. The van der Waals surface area contributed by atoms with Gasteiger partial charge in [0.2, 0.25) is 5.91 Å². The van der Waals surface area contributed by atoms with Gasteiger partial charge in [-0.25, -0.2) is 13.4 Å². The molecule has 1 aliphatic heterocycles. The van der Waals surface area contributed by atoms with Crippen LogP contribution in [0.4, 0.5) is 0 Å². The van der Waals surface area contributed by atoms with Gasteiger partial charge in [-0.3, -0.25) is 4.79 Å². The maximum absolute atomic E-state index is 13.5. The number of hydrogen-bond acceptors (Lipinski definition) is 5. The number of thioether (sulfide) groups is 1. The van der Waals surface area contributed by atoms with Crippen molar-refractivity contribution in [2.24, 2.45) is 0 Å². The minimum Gasteiger partial charge on any atom is -0.335 e. The summed E-state index contributed by atoms with van der Waals surface area (Å²) in [5, 5.41) is 0.928. The van der Waals surface area contributed by atoms with E-state index in [-0.39, 0.29) is 29.5 Å². The summed E-state index contributed by atoms with van der Waals surface area (Å²) < 4.78 is 26.6. The largest absolute Gasteiger partial charge is 0.335 e. The second-order valence-corrected chi connectivity index (χ2v) is 12.8. The minimum atomic E-state index is -3.03. The Kier molecular flexibility index (Phi) is 6.52. The smallest absolute Gasteiger partial charge is 0.233 e. The van der Waals surface area contributed by atoms with Crippen LogP contribution < -0.4 is 0 Å². The van der Waals surface area contributed by atoms with Crippen LogP contribution in [0.2, 0.25) is 0 Å². The maximum Gasteiger partial charge on any atom is 0.233 e. The van der Waals surface area contributed by atoms with E-state index in [0.717, 1.165) is 54.7 Å². The van der Waals surface area contributed by atoms with E-state index < -0.39 is 9.84 Å². The molecule has 32 heavy (non-hydrogen) atoms. The topological polar surface area (TPSA) is 72.3 Å². The van der Waals surface area contributed by atoms with Crippen molar-refractivity contribution in [1.82, 2.24) is 14.5 Å². The summed E-state index contributed by atoms with van der Waals surface area (Å²) in [6, 6.07) is 8.74. The molecule has 3 fully saturated rings. The molecule has 0 N–H and O–H groups in total. The highest BCUT2D eigenvalue weighted by molar-refractivity contribution is 7.99. The van der Waals surface area contributed by atoms with Crippen molar-refractivity contribution < 1.29 is 13.2 Å². The van der Waals surface area contributed by atoms with Crippen LogP contribution in [0, 0.1) is 0 Å². The summed E-state index contributed by atoms with van der Waals surface area (Å²) in [6.45, 7) is 0. The summed E-state index contributed by atoms with van der Waals surface area (Å²) in [6.07, 6.45) is 10.9. The third-order valence-electron chi connectivity index (χ3n) is 7.44. The fraction of sp³-hybridized carbons (Fsp3) is 0.667. The van der Waals surface area contributed by atoms with Crippen molar-refractivity contribution in [3.63, 3.8) is 0 Å². The summed E-state index contributed by atoms with van der Waals surface area (Å²) in [4.78, 5) is 20.3. The van der Waals surface area contributed by atoms with Crippen molar-refractivity contribution in [1.29, 1.82) is 0 Å². The first-order chi connectivity index (χ1) is 15.5. The summed E-state index contributed by atoms with van der Waals surface area (Å²) in [5.41, 5.74) is 2.14. The number of rotatable bonds is 6. The van der Waals surface area contributed by atoms with Crippen molar-refractivity contribution in [3.8, 4) is 0 Å². The van der Waals surface area contributed by atoms with E-state index >= 15 is 0 Å². The van der Waals surface area contributed by atoms with E-state index in [9.17, 15) is 13.2 Å². The van der Waals surface area contributed by atoms with E-state index in [2.05, 4.69) is 22.8 Å². The summed E-state index contributed by atoms with van der Waals surface area (Å²) in [7, 11) is -3.03. The van der Waals surface area contributed by atoms with E-state index in [0.29, 0.717) is 18.2 Å². The highest BCUT2D eigenvalue weighted by Gasteiger charge is 2.39. The number of imidazole rings is 1.